The van der Waals surface area contributed by atoms with Crippen molar-refractivity contribution in [3.8, 4) is 0 Å². The fraction of sp³-hybridized carbons (Fsp3) is 0.429. The molecule has 1 heterocycles. The van der Waals surface area contributed by atoms with Crippen molar-refractivity contribution in [3.63, 3.8) is 0 Å². The van der Waals surface area contributed by atoms with Crippen molar-refractivity contribution in [3.05, 3.63) is 12.4 Å². The van der Waals surface area contributed by atoms with Gasteiger partial charge in [-0.2, -0.15) is 5.10 Å². The summed E-state index contributed by atoms with van der Waals surface area (Å²) in [6.45, 7) is -0.188. The molecule has 1 aromatic rings. The predicted molar refractivity (Wildman–Crippen MR) is 45.3 cm³/mol. The molecule has 0 spiro atoms. The van der Waals surface area contributed by atoms with Crippen molar-refractivity contribution in [1.29, 1.82) is 0 Å². The molecule has 6 nitrogen and oxygen atoms in total. The van der Waals surface area contributed by atoms with Crippen molar-refractivity contribution in [2.45, 2.75) is 0 Å². The number of nitrogens with one attached hydrogen (secondary N) is 1. The minimum atomic E-state index is -0.595. The Morgan fingerprint density at radius 1 is 1.85 bits per heavy atom. The van der Waals surface area contributed by atoms with Crippen LogP contribution in [-0.4, -0.2) is 34.2 Å². The van der Waals surface area contributed by atoms with Crippen LogP contribution in [0.1, 0.15) is 0 Å². The topological polar surface area (TPSA) is 76.4 Å². The molecule has 1 amide bonds. The van der Waals surface area contributed by atoms with Gasteiger partial charge >= 0.3 is 6.09 Å². The van der Waals surface area contributed by atoms with E-state index in [1.54, 1.807) is 17.9 Å². The van der Waals surface area contributed by atoms with Crippen LogP contribution in [0.2, 0.25) is 0 Å². The van der Waals surface area contributed by atoms with E-state index in [4.69, 9.17) is 5.11 Å². The lowest BCUT2D eigenvalue weighted by molar-refractivity contribution is 0.131. The van der Waals surface area contributed by atoms with Gasteiger partial charge in [-0.1, -0.05) is 0 Å². The Hall–Kier alpha value is -1.56. The van der Waals surface area contributed by atoms with Crippen LogP contribution in [0.25, 0.3) is 0 Å². The third-order valence-corrected chi connectivity index (χ3v) is 1.28. The second kappa shape index (κ2) is 4.46. The molecule has 0 atom stereocenters. The smallest absolute Gasteiger partial charge is 0.411 e. The summed E-state index contributed by atoms with van der Waals surface area (Å²) in [5.41, 5.74) is 0.561. The Labute approximate surface area is 75.1 Å². The van der Waals surface area contributed by atoms with Crippen LogP contribution in [0, 0.1) is 0 Å². The molecular weight excluding hydrogens is 174 g/mol. The average molecular weight is 185 g/mol. The SMILES string of the molecule is Cn1cc(NC(=O)OCCO)cn1. The predicted octanol–water partition coefficient (Wildman–Crippen LogP) is -0.0391. The number of carbonyl (C=O) groups is 1. The number of aliphatic hydroxyl groups is 1. The molecule has 72 valence electrons. The van der Waals surface area contributed by atoms with Crippen LogP contribution in [0.4, 0.5) is 10.5 Å². The summed E-state index contributed by atoms with van der Waals surface area (Å²) >= 11 is 0. The Bertz CT molecular complexity index is 284. The Kier molecular flexibility index (Phi) is 3.27. The number of hydrogen-bond acceptors (Lipinski definition) is 4. The second-order valence-corrected chi connectivity index (χ2v) is 2.39. The number of anilines is 1. The number of nitrogens with zero attached hydrogens (tertiary/aromatic N) is 2. The van der Waals surface area contributed by atoms with E-state index in [0.29, 0.717) is 5.69 Å². The molecule has 0 aromatic carbocycles. The van der Waals surface area contributed by atoms with Gasteiger partial charge in [-0.05, 0) is 0 Å². The third kappa shape index (κ3) is 3.12. The third-order valence-electron chi connectivity index (χ3n) is 1.28. The molecule has 0 aliphatic carbocycles. The van der Waals surface area contributed by atoms with Crippen molar-refractivity contribution >= 4 is 11.8 Å². The van der Waals surface area contributed by atoms with Crippen LogP contribution in [0.5, 0.6) is 0 Å². The van der Waals surface area contributed by atoms with Gasteiger partial charge in [0.2, 0.25) is 0 Å². The second-order valence-electron chi connectivity index (χ2n) is 2.39. The summed E-state index contributed by atoms with van der Waals surface area (Å²) in [5.74, 6) is 0. The maximum absolute atomic E-state index is 10.9. The van der Waals surface area contributed by atoms with Gasteiger partial charge < -0.3 is 9.84 Å². The van der Waals surface area contributed by atoms with E-state index in [-0.39, 0.29) is 13.2 Å². The lowest BCUT2D eigenvalue weighted by atomic mass is 10.6. The average Bonchev–Trinajstić information content (AvgIpc) is 2.48. The molecular formula is C7H11N3O3. The number of aromatic nitrogens is 2. The van der Waals surface area contributed by atoms with Crippen molar-refractivity contribution in [1.82, 2.24) is 9.78 Å². The molecule has 0 saturated heterocycles. The summed E-state index contributed by atoms with van der Waals surface area (Å²) < 4.78 is 6.12. The zero-order valence-corrected chi connectivity index (χ0v) is 7.23. The van der Waals surface area contributed by atoms with E-state index >= 15 is 0 Å². The van der Waals surface area contributed by atoms with Crippen LogP contribution in [0.3, 0.4) is 0 Å². The van der Waals surface area contributed by atoms with E-state index in [9.17, 15) is 4.79 Å². The molecule has 0 fully saturated rings. The van der Waals surface area contributed by atoms with Gasteiger partial charge in [0.05, 0.1) is 18.5 Å². The summed E-state index contributed by atoms with van der Waals surface area (Å²) in [7, 11) is 1.74. The number of amides is 1. The molecule has 0 aliphatic rings. The Balaban J connectivity index is 2.36. The minimum absolute atomic E-state index is 0.00784. The molecule has 2 N–H and O–H groups in total. The summed E-state index contributed by atoms with van der Waals surface area (Å²) in [4.78, 5) is 10.9. The molecule has 0 unspecified atom stereocenters. The van der Waals surface area contributed by atoms with E-state index < -0.39 is 6.09 Å². The highest BCUT2D eigenvalue weighted by atomic mass is 16.6. The van der Waals surface area contributed by atoms with Gasteiger partial charge in [-0.3, -0.25) is 10.00 Å². The molecule has 6 heteroatoms. The van der Waals surface area contributed by atoms with Gasteiger partial charge in [-0.25, -0.2) is 4.79 Å². The van der Waals surface area contributed by atoms with Gasteiger partial charge in [-0.15, -0.1) is 0 Å². The van der Waals surface area contributed by atoms with E-state index in [2.05, 4.69) is 15.2 Å². The van der Waals surface area contributed by atoms with Crippen LogP contribution in [0.15, 0.2) is 12.4 Å². The number of hydrogen-bond donors (Lipinski definition) is 2. The number of aliphatic hydroxyl groups excluding tert-OH is 1. The van der Waals surface area contributed by atoms with Gasteiger partial charge in [0.15, 0.2) is 0 Å². The van der Waals surface area contributed by atoms with Gasteiger partial charge in [0.25, 0.3) is 0 Å². The zero-order chi connectivity index (χ0) is 9.68. The molecule has 13 heavy (non-hydrogen) atoms. The summed E-state index contributed by atoms with van der Waals surface area (Å²) in [6.07, 6.45) is 2.54. The minimum Gasteiger partial charge on any atom is -0.447 e. The maximum Gasteiger partial charge on any atom is 0.411 e. The monoisotopic (exact) mass is 185 g/mol. The normalized spacial score (nSPS) is 9.69. The number of carbonyl (C=O) groups excluding carboxylic acids is 1. The van der Waals surface area contributed by atoms with Crippen LogP contribution in [-0.2, 0) is 11.8 Å². The highest BCUT2D eigenvalue weighted by Crippen LogP contribution is 2.03. The van der Waals surface area contributed by atoms with E-state index in [1.165, 1.54) is 6.20 Å². The summed E-state index contributed by atoms with van der Waals surface area (Å²) in [5, 5.41) is 14.7. The van der Waals surface area contributed by atoms with Crippen molar-refractivity contribution in [2.24, 2.45) is 7.05 Å². The van der Waals surface area contributed by atoms with E-state index in [1.807, 2.05) is 0 Å². The maximum atomic E-state index is 10.9. The number of aryl methyl sites for hydroxylation is 1. The standard InChI is InChI=1S/C7H11N3O3/c1-10-5-6(4-8-10)9-7(12)13-3-2-11/h4-5,11H,2-3H2,1H3,(H,9,12). The quantitative estimate of drug-likeness (QED) is 0.692. The molecule has 0 saturated carbocycles. The van der Waals surface area contributed by atoms with Crippen LogP contribution < -0.4 is 5.32 Å². The first-order valence-electron chi connectivity index (χ1n) is 3.75. The largest absolute Gasteiger partial charge is 0.447 e. The lowest BCUT2D eigenvalue weighted by Gasteiger charge is -2.02. The highest BCUT2D eigenvalue weighted by Gasteiger charge is 2.03. The molecule has 1 rings (SSSR count). The molecule has 0 bridgehead atoms. The molecule has 0 aliphatic heterocycles. The van der Waals surface area contributed by atoms with Crippen molar-refractivity contribution in [2.75, 3.05) is 18.5 Å². The first kappa shape index (κ1) is 9.53. The van der Waals surface area contributed by atoms with Gasteiger partial charge in [0.1, 0.15) is 6.61 Å². The van der Waals surface area contributed by atoms with E-state index in [0.717, 1.165) is 0 Å². The fourth-order valence-corrected chi connectivity index (χ4v) is 0.778. The highest BCUT2D eigenvalue weighted by molar-refractivity contribution is 5.84. The molecule has 0 radical (unpaired) electrons. The fourth-order valence-electron chi connectivity index (χ4n) is 0.778. The lowest BCUT2D eigenvalue weighted by Crippen LogP contribution is -2.15. The number of ether oxygens (including phenoxy) is 1. The first-order valence-corrected chi connectivity index (χ1v) is 3.75. The zero-order valence-electron chi connectivity index (χ0n) is 7.23. The number of rotatable bonds is 3. The van der Waals surface area contributed by atoms with Crippen molar-refractivity contribution < 1.29 is 14.6 Å². The Morgan fingerprint density at radius 3 is 3.15 bits per heavy atom. The van der Waals surface area contributed by atoms with Crippen LogP contribution >= 0.6 is 0 Å². The summed E-state index contributed by atoms with van der Waals surface area (Å²) in [6, 6.07) is 0. The Morgan fingerprint density at radius 2 is 2.62 bits per heavy atom. The molecule has 1 aromatic heterocycles. The first-order chi connectivity index (χ1) is 6.22. The van der Waals surface area contributed by atoms with Gasteiger partial charge in [0, 0.05) is 13.2 Å².